The summed E-state index contributed by atoms with van der Waals surface area (Å²) >= 11 is 0. The largest absolute Gasteiger partial charge is 0.456 e. The molecular weight excluding hydrogens is 687 g/mol. The van der Waals surface area contributed by atoms with Crippen LogP contribution >= 0.6 is 0 Å². The highest BCUT2D eigenvalue weighted by atomic mass is 16.3. The minimum atomic E-state index is 0.841. The van der Waals surface area contributed by atoms with Crippen molar-refractivity contribution >= 4 is 65.6 Å². The highest BCUT2D eigenvalue weighted by molar-refractivity contribution is 6.17. The third-order valence-electron chi connectivity index (χ3n) is 11.2. The van der Waals surface area contributed by atoms with Gasteiger partial charge in [-0.25, -0.2) is 4.68 Å². The molecule has 262 valence electrons. The van der Waals surface area contributed by atoms with Crippen LogP contribution in [0.25, 0.3) is 105 Å². The van der Waals surface area contributed by atoms with E-state index in [-0.39, 0.29) is 0 Å². The monoisotopic (exact) mass is 717 g/mol. The Kier molecular flexibility index (Phi) is 6.53. The van der Waals surface area contributed by atoms with Crippen molar-refractivity contribution in [2.24, 2.45) is 0 Å². The fourth-order valence-corrected chi connectivity index (χ4v) is 8.75. The highest BCUT2D eigenvalue weighted by Crippen LogP contribution is 2.42. The number of aromatic nitrogens is 5. The molecule has 4 aromatic heterocycles. The summed E-state index contributed by atoms with van der Waals surface area (Å²) < 4.78 is 13.2. The first-order valence-electron chi connectivity index (χ1n) is 18.8. The van der Waals surface area contributed by atoms with E-state index in [9.17, 15) is 0 Å². The van der Waals surface area contributed by atoms with Crippen LogP contribution in [-0.2, 0) is 0 Å². The van der Waals surface area contributed by atoms with Gasteiger partial charge in [0.05, 0.1) is 39.1 Å². The zero-order valence-corrected chi connectivity index (χ0v) is 30.0. The van der Waals surface area contributed by atoms with E-state index in [4.69, 9.17) is 14.7 Å². The first kappa shape index (κ1) is 30.7. The molecule has 0 aliphatic carbocycles. The molecule has 8 aromatic carbocycles. The van der Waals surface area contributed by atoms with Gasteiger partial charge in [0.1, 0.15) is 22.6 Å². The van der Waals surface area contributed by atoms with Gasteiger partial charge in [-0.3, -0.25) is 0 Å². The van der Waals surface area contributed by atoms with Crippen LogP contribution in [0, 0.1) is 0 Å². The zero-order chi connectivity index (χ0) is 36.7. The Morgan fingerprint density at radius 3 is 1.64 bits per heavy atom. The van der Waals surface area contributed by atoms with Crippen molar-refractivity contribution in [3.8, 4) is 39.6 Å². The minimum Gasteiger partial charge on any atom is -0.456 e. The molecule has 0 spiro atoms. The van der Waals surface area contributed by atoms with E-state index in [1.54, 1.807) is 0 Å². The molecule has 12 rings (SSSR count). The van der Waals surface area contributed by atoms with Crippen molar-refractivity contribution in [3.05, 3.63) is 188 Å². The topological polar surface area (TPSA) is 53.7 Å². The number of para-hydroxylation sites is 5. The second kappa shape index (κ2) is 11.9. The molecule has 6 heteroatoms. The molecule has 0 aliphatic heterocycles. The van der Waals surface area contributed by atoms with Crippen molar-refractivity contribution < 1.29 is 4.42 Å². The van der Waals surface area contributed by atoms with E-state index in [0.717, 1.165) is 94.4 Å². The number of hydrogen-bond donors (Lipinski definition) is 0. The van der Waals surface area contributed by atoms with Crippen molar-refractivity contribution in [2.75, 3.05) is 0 Å². The average Bonchev–Trinajstić information content (AvgIpc) is 4.03. The van der Waals surface area contributed by atoms with Crippen LogP contribution in [0.5, 0.6) is 0 Å². The summed E-state index contributed by atoms with van der Waals surface area (Å²) in [4.78, 5) is 0. The summed E-state index contributed by atoms with van der Waals surface area (Å²) in [6, 6.07) is 66.3. The predicted octanol–water partition coefficient (Wildman–Crippen LogP) is 12.7. The summed E-state index contributed by atoms with van der Waals surface area (Å²) in [7, 11) is 0. The standard InChI is InChI=1S/C50H31N5O/c1-3-15-32(16-4-1)49-50(33-17-5-2-6-18-33)55(52-51-49)34-27-28-37-35-19-7-10-22-41(35)53(45(37)29-34)43-24-12-13-25-44(43)54-42-23-11-8-20-36(42)39-31-48-40(30-46(39)54)38-21-9-14-26-47(38)56-48/h1-31H. The van der Waals surface area contributed by atoms with Crippen molar-refractivity contribution in [1.82, 2.24) is 24.1 Å². The Morgan fingerprint density at radius 2 is 0.929 bits per heavy atom. The molecule has 56 heavy (non-hydrogen) atoms. The van der Waals surface area contributed by atoms with Gasteiger partial charge in [-0.1, -0.05) is 139 Å². The maximum atomic E-state index is 6.39. The molecule has 0 saturated heterocycles. The smallest absolute Gasteiger partial charge is 0.136 e. The zero-order valence-electron chi connectivity index (χ0n) is 30.0. The lowest BCUT2D eigenvalue weighted by Gasteiger charge is -2.17. The minimum absolute atomic E-state index is 0.841. The Labute approximate surface area is 320 Å². The SMILES string of the molecule is c1ccc(-c2nnn(-c3ccc4c5ccccc5n(-c5ccccc5-n5c6ccccc6c6cc7oc8ccccc8c7cc65)c4c3)c2-c2ccccc2)cc1. The number of nitrogens with zero attached hydrogens (tertiary/aromatic N) is 5. The van der Waals surface area contributed by atoms with E-state index in [0.29, 0.717) is 0 Å². The summed E-state index contributed by atoms with van der Waals surface area (Å²) in [6.07, 6.45) is 0. The summed E-state index contributed by atoms with van der Waals surface area (Å²) in [6.45, 7) is 0. The van der Waals surface area contributed by atoms with Crippen molar-refractivity contribution in [3.63, 3.8) is 0 Å². The van der Waals surface area contributed by atoms with E-state index >= 15 is 0 Å². The van der Waals surface area contributed by atoms with Gasteiger partial charge in [0.25, 0.3) is 0 Å². The van der Waals surface area contributed by atoms with E-state index in [1.807, 2.05) is 41.1 Å². The molecule has 0 atom stereocenters. The maximum absolute atomic E-state index is 6.39. The van der Waals surface area contributed by atoms with Gasteiger partial charge < -0.3 is 13.6 Å². The lowest BCUT2D eigenvalue weighted by Crippen LogP contribution is -2.04. The van der Waals surface area contributed by atoms with Crippen LogP contribution in [0.4, 0.5) is 0 Å². The molecule has 0 fully saturated rings. The number of benzene rings is 8. The van der Waals surface area contributed by atoms with Crippen LogP contribution in [0.15, 0.2) is 192 Å². The molecule has 4 heterocycles. The molecule has 0 radical (unpaired) electrons. The number of furan rings is 1. The van der Waals surface area contributed by atoms with E-state index < -0.39 is 0 Å². The van der Waals surface area contributed by atoms with Gasteiger partial charge in [-0.15, -0.1) is 5.10 Å². The summed E-state index contributed by atoms with van der Waals surface area (Å²) in [5.74, 6) is 0. The quantitative estimate of drug-likeness (QED) is 0.178. The van der Waals surface area contributed by atoms with Crippen LogP contribution in [-0.4, -0.2) is 24.1 Å². The van der Waals surface area contributed by atoms with Crippen molar-refractivity contribution in [1.29, 1.82) is 0 Å². The van der Waals surface area contributed by atoms with Crippen LogP contribution < -0.4 is 0 Å². The van der Waals surface area contributed by atoms with E-state index in [1.165, 1.54) is 10.8 Å². The van der Waals surface area contributed by atoms with Gasteiger partial charge >= 0.3 is 0 Å². The summed E-state index contributed by atoms with van der Waals surface area (Å²) in [5.41, 5.74) is 13.2. The van der Waals surface area contributed by atoms with Gasteiger partial charge in [0, 0.05) is 43.4 Å². The Hall–Kier alpha value is -7.70. The molecule has 0 amide bonds. The fourth-order valence-electron chi connectivity index (χ4n) is 8.75. The van der Waals surface area contributed by atoms with Gasteiger partial charge in [0.15, 0.2) is 0 Å². The van der Waals surface area contributed by atoms with Gasteiger partial charge in [0.2, 0.25) is 0 Å². The third kappa shape index (κ3) is 4.44. The molecule has 0 N–H and O–H groups in total. The maximum Gasteiger partial charge on any atom is 0.136 e. The average molecular weight is 718 g/mol. The lowest BCUT2D eigenvalue weighted by atomic mass is 10.0. The second-order valence-corrected chi connectivity index (χ2v) is 14.3. The van der Waals surface area contributed by atoms with Crippen LogP contribution in [0.2, 0.25) is 0 Å². The first-order valence-corrected chi connectivity index (χ1v) is 18.8. The van der Waals surface area contributed by atoms with Gasteiger partial charge in [-0.2, -0.15) is 0 Å². The first-order chi connectivity index (χ1) is 27.8. The number of hydrogen-bond acceptors (Lipinski definition) is 3. The normalized spacial score (nSPS) is 11.9. The summed E-state index contributed by atoms with van der Waals surface area (Å²) in [5, 5.41) is 16.5. The van der Waals surface area contributed by atoms with Gasteiger partial charge in [-0.05, 0) is 54.6 Å². The van der Waals surface area contributed by atoms with E-state index in [2.05, 4.69) is 161 Å². The molecule has 0 unspecified atom stereocenters. The predicted molar refractivity (Wildman–Crippen MR) is 228 cm³/mol. The molecular formula is C50H31N5O. The molecule has 0 aliphatic rings. The molecule has 12 aromatic rings. The Morgan fingerprint density at radius 1 is 0.375 bits per heavy atom. The second-order valence-electron chi connectivity index (χ2n) is 14.3. The Balaban J connectivity index is 1.14. The fraction of sp³-hybridized carbons (Fsp3) is 0. The van der Waals surface area contributed by atoms with Crippen LogP contribution in [0.3, 0.4) is 0 Å². The van der Waals surface area contributed by atoms with Crippen molar-refractivity contribution in [2.45, 2.75) is 0 Å². The molecule has 6 nitrogen and oxygen atoms in total. The Bertz CT molecular complexity index is 3480. The lowest BCUT2D eigenvalue weighted by molar-refractivity contribution is 0.669. The molecule has 0 saturated carbocycles. The number of rotatable bonds is 5. The third-order valence-corrected chi connectivity index (χ3v) is 11.2. The highest BCUT2D eigenvalue weighted by Gasteiger charge is 2.23. The number of fused-ring (bicyclic) bond motifs is 9. The van der Waals surface area contributed by atoms with Crippen LogP contribution in [0.1, 0.15) is 0 Å². The molecule has 0 bridgehead atoms.